The van der Waals surface area contributed by atoms with Crippen LogP contribution in [0.2, 0.25) is 0 Å². The van der Waals surface area contributed by atoms with Crippen molar-refractivity contribution in [2.75, 3.05) is 42.9 Å². The number of carbonyl (C=O) groups excluding carboxylic acids is 1. The van der Waals surface area contributed by atoms with Crippen molar-refractivity contribution in [1.29, 1.82) is 0 Å². The molecule has 2 saturated heterocycles. The van der Waals surface area contributed by atoms with Crippen LogP contribution in [0.15, 0.2) is 59.4 Å². The minimum absolute atomic E-state index is 0.134. The van der Waals surface area contributed by atoms with Gasteiger partial charge < -0.3 is 10.2 Å². The number of fused-ring (bicyclic) bond motifs is 1. The Hall–Kier alpha value is -3.92. The molecule has 1 amide bonds. The van der Waals surface area contributed by atoms with Crippen molar-refractivity contribution in [2.24, 2.45) is 4.99 Å². The number of rotatable bonds is 8. The van der Waals surface area contributed by atoms with Crippen molar-refractivity contribution < 1.29 is 13.6 Å². The van der Waals surface area contributed by atoms with Gasteiger partial charge in [-0.05, 0) is 67.5 Å². The summed E-state index contributed by atoms with van der Waals surface area (Å²) in [6, 6.07) is 9.47. The Kier molecular flexibility index (Phi) is 7.33. The number of H-pyrrole nitrogens is 1. The number of hydrogen-bond donors (Lipinski definition) is 2. The second kappa shape index (κ2) is 10.8. The highest BCUT2D eigenvalue weighted by atomic mass is 19.3. The van der Waals surface area contributed by atoms with Crippen LogP contribution in [0.3, 0.4) is 0 Å². The molecular weight excluding hydrogens is 488 g/mol. The van der Waals surface area contributed by atoms with Crippen LogP contribution in [-0.4, -0.2) is 71.4 Å². The van der Waals surface area contributed by atoms with Gasteiger partial charge in [0.05, 0.1) is 23.9 Å². The number of pyridine rings is 1. The number of alkyl halides is 2. The lowest BCUT2D eigenvalue weighted by Gasteiger charge is -2.16. The van der Waals surface area contributed by atoms with Crippen LogP contribution in [0, 0.1) is 0 Å². The number of anilines is 2. The molecule has 2 aliphatic rings. The van der Waals surface area contributed by atoms with Crippen LogP contribution >= 0.6 is 0 Å². The van der Waals surface area contributed by atoms with E-state index in [0.29, 0.717) is 24.2 Å². The van der Waals surface area contributed by atoms with Gasteiger partial charge in [-0.3, -0.25) is 19.8 Å². The average Bonchev–Trinajstić information content (AvgIpc) is 3.64. The van der Waals surface area contributed by atoms with Gasteiger partial charge in [-0.15, -0.1) is 0 Å². The molecule has 3 aromatic rings. The number of benzene rings is 1. The van der Waals surface area contributed by atoms with E-state index >= 15 is 0 Å². The van der Waals surface area contributed by atoms with E-state index < -0.39 is 5.92 Å². The molecule has 2 N–H and O–H groups in total. The number of likely N-dealkylation sites (tertiary alicyclic amines) is 1. The van der Waals surface area contributed by atoms with E-state index in [1.165, 1.54) is 12.8 Å². The first kappa shape index (κ1) is 25.7. The van der Waals surface area contributed by atoms with Crippen LogP contribution in [0.25, 0.3) is 16.5 Å². The zero-order valence-corrected chi connectivity index (χ0v) is 21.4. The lowest BCUT2D eigenvalue weighted by atomic mass is 10.0. The average molecular weight is 520 g/mol. The molecule has 2 aromatic heterocycles. The van der Waals surface area contributed by atoms with Crippen molar-refractivity contribution in [3.63, 3.8) is 0 Å². The van der Waals surface area contributed by atoms with E-state index in [0.717, 1.165) is 41.1 Å². The SMILES string of the molecule is C=N/C=C(\C=C(/C)c1ccc2[nH]nc(C(=O)Nc3ccc(N4CCCC4)nc3)c2c1)CN1CCC(F)(F)C1. The largest absolute Gasteiger partial charge is 0.357 e. The zero-order chi connectivity index (χ0) is 26.7. The van der Waals surface area contributed by atoms with Gasteiger partial charge in [-0.2, -0.15) is 5.10 Å². The van der Waals surface area contributed by atoms with Crippen LogP contribution in [0.4, 0.5) is 20.3 Å². The van der Waals surface area contributed by atoms with Crippen molar-refractivity contribution >= 4 is 40.6 Å². The Morgan fingerprint density at radius 1 is 1.24 bits per heavy atom. The number of nitrogens with zero attached hydrogens (tertiary/aromatic N) is 5. The molecule has 0 aliphatic carbocycles. The van der Waals surface area contributed by atoms with E-state index in [-0.39, 0.29) is 24.6 Å². The van der Waals surface area contributed by atoms with E-state index in [1.807, 2.05) is 43.3 Å². The molecule has 0 radical (unpaired) electrons. The fourth-order valence-electron chi connectivity index (χ4n) is 5.02. The minimum atomic E-state index is -2.65. The molecule has 5 rings (SSSR count). The lowest BCUT2D eigenvalue weighted by Crippen LogP contribution is -2.26. The molecule has 0 unspecified atom stereocenters. The Balaban J connectivity index is 1.32. The molecule has 4 heterocycles. The van der Waals surface area contributed by atoms with E-state index in [4.69, 9.17) is 0 Å². The Morgan fingerprint density at radius 3 is 2.74 bits per heavy atom. The van der Waals surface area contributed by atoms with Crippen molar-refractivity contribution in [3.8, 4) is 0 Å². The van der Waals surface area contributed by atoms with Crippen molar-refractivity contribution in [2.45, 2.75) is 32.1 Å². The van der Waals surface area contributed by atoms with Gasteiger partial charge in [0.15, 0.2) is 5.69 Å². The Labute approximate surface area is 220 Å². The summed E-state index contributed by atoms with van der Waals surface area (Å²) in [6.07, 6.45) is 7.38. The summed E-state index contributed by atoms with van der Waals surface area (Å²) in [5.74, 6) is -2.07. The Morgan fingerprint density at radius 2 is 2.05 bits per heavy atom. The minimum Gasteiger partial charge on any atom is -0.357 e. The summed E-state index contributed by atoms with van der Waals surface area (Å²) in [4.78, 5) is 25.4. The summed E-state index contributed by atoms with van der Waals surface area (Å²) in [7, 11) is 0. The van der Waals surface area contributed by atoms with Gasteiger partial charge in [0, 0.05) is 44.2 Å². The van der Waals surface area contributed by atoms with Gasteiger partial charge >= 0.3 is 0 Å². The summed E-state index contributed by atoms with van der Waals surface area (Å²) in [5.41, 5.74) is 4.18. The molecule has 198 valence electrons. The summed E-state index contributed by atoms with van der Waals surface area (Å²) >= 11 is 0. The number of allylic oxidation sites excluding steroid dienone is 1. The van der Waals surface area contributed by atoms with E-state index in [1.54, 1.807) is 17.3 Å². The number of amides is 1. The van der Waals surface area contributed by atoms with Gasteiger partial charge in [0.1, 0.15) is 5.82 Å². The summed E-state index contributed by atoms with van der Waals surface area (Å²) in [6.45, 7) is 7.90. The van der Waals surface area contributed by atoms with Crippen molar-refractivity contribution in [1.82, 2.24) is 20.1 Å². The fourth-order valence-corrected chi connectivity index (χ4v) is 5.02. The van der Waals surface area contributed by atoms with Crippen molar-refractivity contribution in [3.05, 3.63) is 65.6 Å². The zero-order valence-electron chi connectivity index (χ0n) is 21.4. The summed E-state index contributed by atoms with van der Waals surface area (Å²) in [5, 5.41) is 10.7. The number of nitrogens with one attached hydrogen (secondary N) is 2. The molecule has 1 aromatic carbocycles. The van der Waals surface area contributed by atoms with Crippen LogP contribution in [0.5, 0.6) is 0 Å². The molecular formula is C28H31F2N7O. The van der Waals surface area contributed by atoms with Gasteiger partial charge in [-0.1, -0.05) is 12.1 Å². The second-order valence-corrected chi connectivity index (χ2v) is 9.92. The maximum Gasteiger partial charge on any atom is 0.276 e. The molecule has 0 spiro atoms. The number of carbonyl (C=O) groups is 1. The maximum absolute atomic E-state index is 13.6. The summed E-state index contributed by atoms with van der Waals surface area (Å²) < 4.78 is 27.3. The fraction of sp³-hybridized carbons (Fsp3) is 0.357. The second-order valence-electron chi connectivity index (χ2n) is 9.92. The van der Waals surface area contributed by atoms with Crippen LogP contribution in [-0.2, 0) is 0 Å². The first-order chi connectivity index (χ1) is 18.3. The number of halogens is 2. The van der Waals surface area contributed by atoms with E-state index in [2.05, 4.69) is 37.1 Å². The molecule has 2 aliphatic heterocycles. The van der Waals surface area contributed by atoms with Crippen LogP contribution < -0.4 is 10.2 Å². The molecule has 0 saturated carbocycles. The number of hydrogen-bond acceptors (Lipinski definition) is 6. The standard InChI is InChI=1S/C28H31F2N7O/c1-19(13-20(15-31-2)17-36-12-9-28(29,30)18-36)21-5-7-24-23(14-21)26(35-34-24)27(38)33-22-6-8-25(32-16-22)37-10-3-4-11-37/h5-8,13-16H,2-4,9-12,17-18H2,1H3,(H,33,38)(H,34,35)/b19-13+,20-15+. The molecule has 2 fully saturated rings. The quantitative estimate of drug-likeness (QED) is 0.318. The molecule has 0 bridgehead atoms. The number of aliphatic imine (C=N–C) groups is 1. The molecule has 38 heavy (non-hydrogen) atoms. The molecule has 0 atom stereocenters. The highest BCUT2D eigenvalue weighted by Crippen LogP contribution is 2.29. The first-order valence-corrected chi connectivity index (χ1v) is 12.8. The van der Waals surface area contributed by atoms with Gasteiger partial charge in [0.25, 0.3) is 11.8 Å². The molecule has 10 heteroatoms. The maximum atomic E-state index is 13.6. The topological polar surface area (TPSA) is 89.5 Å². The number of aromatic nitrogens is 3. The monoisotopic (exact) mass is 519 g/mol. The first-order valence-electron chi connectivity index (χ1n) is 12.8. The predicted molar refractivity (Wildman–Crippen MR) is 147 cm³/mol. The highest BCUT2D eigenvalue weighted by Gasteiger charge is 2.38. The lowest BCUT2D eigenvalue weighted by molar-refractivity contribution is 0.0131. The smallest absolute Gasteiger partial charge is 0.276 e. The number of aromatic amines is 1. The molecule has 8 nitrogen and oxygen atoms in total. The Bertz CT molecular complexity index is 1390. The highest BCUT2D eigenvalue weighted by molar-refractivity contribution is 6.11. The van der Waals surface area contributed by atoms with Gasteiger partial charge in [-0.25, -0.2) is 13.8 Å². The van der Waals surface area contributed by atoms with Gasteiger partial charge in [0.2, 0.25) is 0 Å². The van der Waals surface area contributed by atoms with E-state index in [9.17, 15) is 13.6 Å². The third-order valence-electron chi connectivity index (χ3n) is 6.98. The normalized spacial score (nSPS) is 18.3. The predicted octanol–water partition coefficient (Wildman–Crippen LogP) is 5.14. The third-order valence-corrected chi connectivity index (χ3v) is 6.98. The van der Waals surface area contributed by atoms with Crippen LogP contribution in [0.1, 0.15) is 42.2 Å². The third kappa shape index (κ3) is 5.80.